The number of primary amides is 1. The Morgan fingerprint density at radius 3 is 2.03 bits per heavy atom. The molecule has 18 heteroatoms. The van der Waals surface area contributed by atoms with Crippen LogP contribution in [-0.2, 0) is 64.0 Å². The van der Waals surface area contributed by atoms with Crippen LogP contribution in [0.5, 0.6) is 0 Å². The molecule has 4 aromatic carbocycles. The summed E-state index contributed by atoms with van der Waals surface area (Å²) in [5.41, 5.74) is 6.35. The van der Waals surface area contributed by atoms with Crippen LogP contribution in [0.2, 0.25) is 0 Å². The van der Waals surface area contributed by atoms with E-state index in [0.717, 1.165) is 21.9 Å². The number of sulfonamides is 1. The van der Waals surface area contributed by atoms with Crippen LogP contribution in [0, 0.1) is 5.92 Å². The van der Waals surface area contributed by atoms with E-state index >= 15 is 0 Å². The van der Waals surface area contributed by atoms with Crippen molar-refractivity contribution in [2.75, 3.05) is 25.4 Å². The van der Waals surface area contributed by atoms with Gasteiger partial charge in [0.1, 0.15) is 11.6 Å². The molecule has 0 spiro atoms. The lowest BCUT2D eigenvalue weighted by molar-refractivity contribution is -0.143. The summed E-state index contributed by atoms with van der Waals surface area (Å²) < 4.78 is 39.7. The highest BCUT2D eigenvalue weighted by molar-refractivity contribution is 7.89. The summed E-state index contributed by atoms with van der Waals surface area (Å²) >= 11 is 0. The number of rotatable bonds is 21. The number of hydrogen-bond acceptors (Lipinski definition) is 8. The standard InChI is InChI=1S/C43H52N5O11PS/c44-38(49)28-37(41(53)45-21-6-9-31-16-17-34-10-4-5-11-35(34)25-31)46-42(54)43(19-22-48(23-20-43)61(58,59)24-18-30-7-2-1-3-8-30)47-40(52)36(27-39(50)51)26-32-12-14-33(15-13-32)29-60(55,56)57/h1-5,7-8,10-17,25,36-37H,6,9,18-24,26-29H2,(H2,44,49)(H,45,53)(H,46,54)(H,47,52)(H,50,51)(H2,55,56,57)/t36-,37+/m1/s1. The summed E-state index contributed by atoms with van der Waals surface area (Å²) in [6, 6.07) is 27.5. The third kappa shape index (κ3) is 14.0. The minimum absolute atomic E-state index is 0.127. The van der Waals surface area contributed by atoms with Gasteiger partial charge in [-0.05, 0) is 71.6 Å². The smallest absolute Gasteiger partial charge is 0.329 e. The Kier molecular flexibility index (Phi) is 16.0. The largest absolute Gasteiger partial charge is 0.481 e. The quantitative estimate of drug-likeness (QED) is 0.0473. The van der Waals surface area contributed by atoms with E-state index < -0.39 is 83.7 Å². The molecule has 1 fully saturated rings. The fourth-order valence-corrected chi connectivity index (χ4v) is 9.59. The third-order valence-electron chi connectivity index (χ3n) is 10.7. The molecule has 1 aliphatic rings. The second kappa shape index (κ2) is 20.9. The second-order valence-corrected chi connectivity index (χ2v) is 19.2. The van der Waals surface area contributed by atoms with Crippen LogP contribution < -0.4 is 21.7 Å². The molecule has 1 saturated heterocycles. The Morgan fingerprint density at radius 1 is 0.770 bits per heavy atom. The van der Waals surface area contributed by atoms with E-state index in [-0.39, 0.29) is 51.1 Å². The summed E-state index contributed by atoms with van der Waals surface area (Å²) in [6.45, 7) is -0.195. The number of benzene rings is 4. The van der Waals surface area contributed by atoms with Crippen molar-refractivity contribution in [2.24, 2.45) is 11.7 Å². The molecule has 0 aromatic heterocycles. The zero-order valence-corrected chi connectivity index (χ0v) is 35.3. The number of nitrogens with one attached hydrogen (secondary N) is 3. The highest BCUT2D eigenvalue weighted by Crippen LogP contribution is 2.39. The average Bonchev–Trinajstić information content (AvgIpc) is 3.21. The zero-order chi connectivity index (χ0) is 44.2. The molecule has 61 heavy (non-hydrogen) atoms. The number of carbonyl (C=O) groups is 5. The number of nitrogens with two attached hydrogens (primary N) is 1. The lowest BCUT2D eigenvalue weighted by Gasteiger charge is -2.41. The molecule has 16 nitrogen and oxygen atoms in total. The Balaban J connectivity index is 1.32. The first-order chi connectivity index (χ1) is 28.9. The van der Waals surface area contributed by atoms with Crippen LogP contribution in [-0.4, -0.2) is 94.2 Å². The van der Waals surface area contributed by atoms with Gasteiger partial charge in [0.05, 0.1) is 30.7 Å². The Bertz CT molecular complexity index is 2350. The van der Waals surface area contributed by atoms with E-state index in [9.17, 15) is 51.8 Å². The molecular weight excluding hydrogens is 826 g/mol. The normalized spacial score (nSPS) is 15.3. The van der Waals surface area contributed by atoms with Crippen molar-refractivity contribution >= 4 is 58.0 Å². The SMILES string of the molecule is NC(=O)C[C@H](NC(=O)C1(NC(=O)[C@@H](CC(=O)O)Cc2ccc(CP(=O)(O)O)cc2)CCN(S(=O)(=O)CCc2ccccc2)CC1)C(=O)NCCCc1ccc2ccccc2c1. The van der Waals surface area contributed by atoms with Crippen LogP contribution in [0.1, 0.15) is 54.4 Å². The monoisotopic (exact) mass is 877 g/mol. The Hall–Kier alpha value is -5.45. The van der Waals surface area contributed by atoms with Gasteiger partial charge in [-0.25, -0.2) is 12.7 Å². The van der Waals surface area contributed by atoms with E-state index in [0.29, 0.717) is 24.0 Å². The Labute approximate surface area is 354 Å². The van der Waals surface area contributed by atoms with Crippen molar-refractivity contribution in [3.8, 4) is 0 Å². The van der Waals surface area contributed by atoms with Gasteiger partial charge in [-0.1, -0.05) is 97.1 Å². The number of aliphatic carboxylic acids is 1. The average molecular weight is 878 g/mol. The van der Waals surface area contributed by atoms with Crippen molar-refractivity contribution < 1.29 is 51.8 Å². The highest BCUT2D eigenvalue weighted by Gasteiger charge is 2.47. The van der Waals surface area contributed by atoms with Gasteiger partial charge in [0, 0.05) is 19.6 Å². The number of piperidine rings is 1. The number of hydrogen-bond donors (Lipinski definition) is 7. The van der Waals surface area contributed by atoms with Gasteiger partial charge in [-0.2, -0.15) is 0 Å². The number of amides is 4. The van der Waals surface area contributed by atoms with Crippen LogP contribution >= 0.6 is 7.60 Å². The predicted molar refractivity (Wildman–Crippen MR) is 228 cm³/mol. The maximum atomic E-state index is 14.4. The molecule has 326 valence electrons. The first-order valence-electron chi connectivity index (χ1n) is 19.9. The van der Waals surface area contributed by atoms with Gasteiger partial charge in [0.15, 0.2) is 0 Å². The van der Waals surface area contributed by atoms with Gasteiger partial charge in [0.25, 0.3) is 0 Å². The molecule has 4 amide bonds. The molecule has 0 aliphatic carbocycles. The number of carbonyl (C=O) groups excluding carboxylic acids is 4. The maximum absolute atomic E-state index is 14.4. The molecule has 1 heterocycles. The summed E-state index contributed by atoms with van der Waals surface area (Å²) in [7, 11) is -8.19. The summed E-state index contributed by atoms with van der Waals surface area (Å²) in [5, 5.41) is 20.0. The fraction of sp³-hybridized carbons (Fsp3) is 0.372. The number of carboxylic acid groups (broad SMARTS) is 1. The van der Waals surface area contributed by atoms with Gasteiger partial charge >= 0.3 is 13.6 Å². The molecule has 1 aliphatic heterocycles. The van der Waals surface area contributed by atoms with Crippen molar-refractivity contribution in [3.63, 3.8) is 0 Å². The van der Waals surface area contributed by atoms with E-state index in [4.69, 9.17) is 5.73 Å². The van der Waals surface area contributed by atoms with E-state index in [1.165, 1.54) is 28.6 Å². The molecule has 0 radical (unpaired) electrons. The van der Waals surface area contributed by atoms with E-state index in [2.05, 4.69) is 22.0 Å². The van der Waals surface area contributed by atoms with Gasteiger partial charge in [-0.3, -0.25) is 28.5 Å². The second-order valence-electron chi connectivity index (χ2n) is 15.4. The minimum atomic E-state index is -4.36. The number of fused-ring (bicyclic) bond motifs is 1. The molecule has 0 saturated carbocycles. The molecule has 0 unspecified atom stereocenters. The number of aryl methyl sites for hydroxylation is 2. The molecule has 5 rings (SSSR count). The van der Waals surface area contributed by atoms with Crippen molar-refractivity contribution in [2.45, 2.75) is 69.1 Å². The van der Waals surface area contributed by atoms with E-state index in [1.807, 2.05) is 54.6 Å². The van der Waals surface area contributed by atoms with Gasteiger partial charge < -0.3 is 36.6 Å². The molecular formula is C43H52N5O11PS. The maximum Gasteiger partial charge on any atom is 0.329 e. The molecule has 2 atom stereocenters. The van der Waals surface area contributed by atoms with E-state index in [1.54, 1.807) is 12.1 Å². The highest BCUT2D eigenvalue weighted by atomic mass is 32.2. The first-order valence-corrected chi connectivity index (χ1v) is 23.3. The fourth-order valence-electron chi connectivity index (χ4n) is 7.41. The lowest BCUT2D eigenvalue weighted by Crippen LogP contribution is -2.66. The first kappa shape index (κ1) is 46.6. The minimum Gasteiger partial charge on any atom is -0.481 e. The molecule has 8 N–H and O–H groups in total. The molecule has 4 aromatic rings. The summed E-state index contributed by atoms with van der Waals surface area (Å²) in [6.07, 6.45) is -0.955. The molecule has 0 bridgehead atoms. The predicted octanol–water partition coefficient (Wildman–Crippen LogP) is 2.78. The van der Waals surface area contributed by atoms with Gasteiger partial charge in [-0.15, -0.1) is 0 Å². The third-order valence-corrected chi connectivity index (χ3v) is 13.4. The van der Waals surface area contributed by atoms with Crippen LogP contribution in [0.15, 0.2) is 97.1 Å². The van der Waals surface area contributed by atoms with Crippen molar-refractivity contribution in [3.05, 3.63) is 119 Å². The van der Waals surface area contributed by atoms with Gasteiger partial charge in [0.2, 0.25) is 33.7 Å². The van der Waals surface area contributed by atoms with Crippen LogP contribution in [0.25, 0.3) is 10.8 Å². The number of nitrogens with zero attached hydrogens (tertiary/aromatic N) is 1. The van der Waals surface area contributed by atoms with Crippen LogP contribution in [0.3, 0.4) is 0 Å². The zero-order valence-electron chi connectivity index (χ0n) is 33.6. The lowest BCUT2D eigenvalue weighted by atomic mass is 9.85. The summed E-state index contributed by atoms with van der Waals surface area (Å²) in [5.74, 6) is -6.05. The van der Waals surface area contributed by atoms with Crippen molar-refractivity contribution in [1.29, 1.82) is 0 Å². The number of carboxylic acids is 1. The van der Waals surface area contributed by atoms with Crippen molar-refractivity contribution in [1.82, 2.24) is 20.3 Å². The van der Waals surface area contributed by atoms with Crippen LogP contribution in [0.4, 0.5) is 0 Å². The topological polar surface area (TPSA) is 263 Å². The Morgan fingerprint density at radius 2 is 1.39 bits per heavy atom. The summed E-state index contributed by atoms with van der Waals surface area (Å²) in [4.78, 5) is 84.8.